The van der Waals surface area contributed by atoms with Crippen LogP contribution in [0.3, 0.4) is 0 Å². The van der Waals surface area contributed by atoms with Crippen LogP contribution in [-0.4, -0.2) is 25.9 Å². The van der Waals surface area contributed by atoms with E-state index in [1.165, 1.54) is 30.5 Å². The Hall–Kier alpha value is -3.59. The van der Waals surface area contributed by atoms with Crippen LogP contribution < -0.4 is 20.5 Å². The van der Waals surface area contributed by atoms with Crippen LogP contribution in [0, 0.1) is 0 Å². The molecule has 3 rings (SSSR count). The number of benzene rings is 2. The topological polar surface area (TPSA) is 123 Å². The number of hydrogen-bond donors (Lipinski definition) is 3. The molecule has 2 aromatic carbocycles. The fourth-order valence-corrected chi connectivity index (χ4v) is 3.60. The number of carbonyl (C=O) groups excluding carboxylic acids is 1. The van der Waals surface area contributed by atoms with Crippen molar-refractivity contribution in [3.8, 4) is 5.75 Å². The second-order valence-corrected chi connectivity index (χ2v) is 8.07. The number of anilines is 3. The zero-order chi connectivity index (χ0) is 21.4. The lowest BCUT2D eigenvalue weighted by atomic mass is 10.2. The molecule has 0 aliphatic carbocycles. The predicted octanol–water partition coefficient (Wildman–Crippen LogP) is 3.26. The molecule has 0 bridgehead atoms. The SMILES string of the molecule is Nc1ccccc1OCCCC(=O)Nc1ccc(S(=O)(=O)Nc2ccccn2)cc1. The highest BCUT2D eigenvalue weighted by atomic mass is 32.2. The molecule has 0 aliphatic heterocycles. The van der Waals surface area contributed by atoms with Crippen molar-refractivity contribution in [3.63, 3.8) is 0 Å². The Kier molecular flexibility index (Phi) is 6.87. The van der Waals surface area contributed by atoms with Crippen LogP contribution in [0.15, 0.2) is 77.8 Å². The molecular formula is C21H22N4O4S. The smallest absolute Gasteiger partial charge is 0.263 e. The Bertz CT molecular complexity index is 1090. The summed E-state index contributed by atoms with van der Waals surface area (Å²) in [5, 5.41) is 2.73. The van der Waals surface area contributed by atoms with Gasteiger partial charge in [0.1, 0.15) is 11.6 Å². The van der Waals surface area contributed by atoms with Crippen molar-refractivity contribution >= 4 is 33.1 Å². The average Bonchev–Trinajstić information content (AvgIpc) is 2.73. The van der Waals surface area contributed by atoms with E-state index in [2.05, 4.69) is 15.0 Å². The fourth-order valence-electron chi connectivity index (χ4n) is 2.59. The van der Waals surface area contributed by atoms with E-state index >= 15 is 0 Å². The molecule has 156 valence electrons. The Morgan fingerprint density at radius 1 is 1.00 bits per heavy atom. The number of para-hydroxylation sites is 2. The van der Waals surface area contributed by atoms with Crippen LogP contribution in [-0.2, 0) is 14.8 Å². The fraction of sp³-hybridized carbons (Fsp3) is 0.143. The second-order valence-electron chi connectivity index (χ2n) is 6.38. The Labute approximate surface area is 175 Å². The van der Waals surface area contributed by atoms with Crippen molar-refractivity contribution in [2.75, 3.05) is 22.4 Å². The number of aromatic nitrogens is 1. The number of nitrogen functional groups attached to an aromatic ring is 1. The van der Waals surface area contributed by atoms with Crippen LogP contribution in [0.25, 0.3) is 0 Å². The van der Waals surface area contributed by atoms with Gasteiger partial charge in [-0.05, 0) is 55.0 Å². The molecule has 4 N–H and O–H groups in total. The minimum atomic E-state index is -3.76. The molecule has 8 nitrogen and oxygen atoms in total. The maximum absolute atomic E-state index is 12.4. The maximum atomic E-state index is 12.4. The van der Waals surface area contributed by atoms with E-state index < -0.39 is 10.0 Å². The largest absolute Gasteiger partial charge is 0.491 e. The summed E-state index contributed by atoms with van der Waals surface area (Å²) in [6, 6.07) is 18.0. The number of nitrogens with one attached hydrogen (secondary N) is 2. The molecule has 1 aromatic heterocycles. The van der Waals surface area contributed by atoms with E-state index in [1.54, 1.807) is 30.3 Å². The molecular weight excluding hydrogens is 404 g/mol. The summed E-state index contributed by atoms with van der Waals surface area (Å²) in [4.78, 5) is 16.1. The van der Waals surface area contributed by atoms with Gasteiger partial charge in [0.05, 0.1) is 17.2 Å². The van der Waals surface area contributed by atoms with Crippen molar-refractivity contribution in [3.05, 3.63) is 72.9 Å². The molecule has 3 aromatic rings. The summed E-state index contributed by atoms with van der Waals surface area (Å²) in [6.07, 6.45) is 2.27. The third-order valence-electron chi connectivity index (χ3n) is 4.08. The van der Waals surface area contributed by atoms with Gasteiger partial charge in [0.25, 0.3) is 10.0 Å². The van der Waals surface area contributed by atoms with E-state index in [9.17, 15) is 13.2 Å². The molecule has 1 amide bonds. The van der Waals surface area contributed by atoms with E-state index in [4.69, 9.17) is 10.5 Å². The number of pyridine rings is 1. The number of rotatable bonds is 9. The van der Waals surface area contributed by atoms with Gasteiger partial charge < -0.3 is 15.8 Å². The van der Waals surface area contributed by atoms with Gasteiger partial charge in [0.15, 0.2) is 0 Å². The van der Waals surface area contributed by atoms with E-state index in [1.807, 2.05) is 12.1 Å². The van der Waals surface area contributed by atoms with Gasteiger partial charge in [0, 0.05) is 18.3 Å². The lowest BCUT2D eigenvalue weighted by molar-refractivity contribution is -0.116. The summed E-state index contributed by atoms with van der Waals surface area (Å²) in [7, 11) is -3.76. The van der Waals surface area contributed by atoms with Crippen LogP contribution >= 0.6 is 0 Å². The molecule has 9 heteroatoms. The van der Waals surface area contributed by atoms with Gasteiger partial charge in [-0.1, -0.05) is 18.2 Å². The molecule has 0 fully saturated rings. The Balaban J connectivity index is 1.47. The molecule has 0 aliphatic rings. The van der Waals surface area contributed by atoms with Crippen LogP contribution in [0.1, 0.15) is 12.8 Å². The summed E-state index contributed by atoms with van der Waals surface area (Å²) in [5.74, 6) is 0.630. The lowest BCUT2D eigenvalue weighted by Gasteiger charge is -2.10. The van der Waals surface area contributed by atoms with Crippen molar-refractivity contribution in [1.29, 1.82) is 0 Å². The Morgan fingerprint density at radius 3 is 2.43 bits per heavy atom. The highest BCUT2D eigenvalue weighted by Gasteiger charge is 2.14. The summed E-state index contributed by atoms with van der Waals surface area (Å²) in [6.45, 7) is 0.359. The van der Waals surface area contributed by atoms with Gasteiger partial charge >= 0.3 is 0 Å². The van der Waals surface area contributed by atoms with Crippen molar-refractivity contribution in [1.82, 2.24) is 4.98 Å². The number of sulfonamides is 1. The molecule has 0 atom stereocenters. The van der Waals surface area contributed by atoms with Crippen molar-refractivity contribution in [2.45, 2.75) is 17.7 Å². The summed E-state index contributed by atoms with van der Waals surface area (Å²) in [5.41, 5.74) is 6.85. The minimum Gasteiger partial charge on any atom is -0.491 e. The van der Waals surface area contributed by atoms with Crippen LogP contribution in [0.4, 0.5) is 17.2 Å². The number of nitrogens with zero attached hydrogens (tertiary/aromatic N) is 1. The zero-order valence-electron chi connectivity index (χ0n) is 16.1. The molecule has 0 unspecified atom stereocenters. The highest BCUT2D eigenvalue weighted by molar-refractivity contribution is 7.92. The number of carbonyl (C=O) groups is 1. The number of ether oxygens (including phenoxy) is 1. The number of nitrogens with two attached hydrogens (primary N) is 1. The standard InChI is InChI=1S/C21H22N4O4S/c22-18-6-1-2-7-19(18)29-15-5-9-21(26)24-16-10-12-17(13-11-16)30(27,28)25-20-8-3-4-14-23-20/h1-4,6-8,10-14H,5,9,15,22H2,(H,23,25)(H,24,26). The highest BCUT2D eigenvalue weighted by Crippen LogP contribution is 2.20. The van der Waals surface area contributed by atoms with Crippen molar-refractivity contribution < 1.29 is 17.9 Å². The summed E-state index contributed by atoms with van der Waals surface area (Å²) < 4.78 is 32.7. The van der Waals surface area contributed by atoms with Crippen molar-refractivity contribution in [2.24, 2.45) is 0 Å². The van der Waals surface area contributed by atoms with Gasteiger partial charge in [-0.2, -0.15) is 0 Å². The molecule has 0 spiro atoms. The molecule has 0 saturated carbocycles. The molecule has 0 radical (unpaired) electrons. The van der Waals surface area contributed by atoms with E-state index in [-0.39, 0.29) is 23.0 Å². The molecule has 30 heavy (non-hydrogen) atoms. The predicted molar refractivity (Wildman–Crippen MR) is 116 cm³/mol. The van der Waals surface area contributed by atoms with E-state index in [0.29, 0.717) is 30.2 Å². The third-order valence-corrected chi connectivity index (χ3v) is 5.45. The second kappa shape index (κ2) is 9.75. The molecule has 1 heterocycles. The van der Waals surface area contributed by atoms with E-state index in [0.717, 1.165) is 0 Å². The Morgan fingerprint density at radius 2 is 1.73 bits per heavy atom. The zero-order valence-corrected chi connectivity index (χ0v) is 16.9. The van der Waals surface area contributed by atoms with Gasteiger partial charge in [-0.15, -0.1) is 0 Å². The first kappa shape index (κ1) is 21.1. The minimum absolute atomic E-state index is 0.0694. The lowest BCUT2D eigenvalue weighted by Crippen LogP contribution is -2.15. The van der Waals surface area contributed by atoms with Gasteiger partial charge in [-0.3, -0.25) is 9.52 Å². The average molecular weight is 426 g/mol. The van der Waals surface area contributed by atoms with Crippen LogP contribution in [0.2, 0.25) is 0 Å². The number of amides is 1. The number of hydrogen-bond acceptors (Lipinski definition) is 6. The van der Waals surface area contributed by atoms with Crippen LogP contribution in [0.5, 0.6) is 5.75 Å². The summed E-state index contributed by atoms with van der Waals surface area (Å²) >= 11 is 0. The first-order valence-corrected chi connectivity index (χ1v) is 10.7. The normalized spacial score (nSPS) is 10.9. The first-order valence-electron chi connectivity index (χ1n) is 9.25. The molecule has 0 saturated heterocycles. The quantitative estimate of drug-likeness (QED) is 0.356. The maximum Gasteiger partial charge on any atom is 0.263 e. The monoisotopic (exact) mass is 426 g/mol. The third kappa shape index (κ3) is 5.95. The van der Waals surface area contributed by atoms with Gasteiger partial charge in [0.2, 0.25) is 5.91 Å². The first-order chi connectivity index (χ1) is 14.4. The van der Waals surface area contributed by atoms with Gasteiger partial charge in [-0.25, -0.2) is 13.4 Å².